The number of oxime groups is 1. The summed E-state index contributed by atoms with van der Waals surface area (Å²) < 4.78 is 36.9. The monoisotopic (exact) mass is 309 g/mol. The van der Waals surface area contributed by atoms with Crippen molar-refractivity contribution >= 4 is 5.71 Å². The third kappa shape index (κ3) is 5.84. The SMILES string of the molecule is CC(CC(C#N)(C#N)CCC(F)(F)F)=NOc1ccccc1. The Morgan fingerprint density at radius 3 is 2.23 bits per heavy atom. The molecule has 22 heavy (non-hydrogen) atoms. The molecule has 0 saturated carbocycles. The molecule has 0 saturated heterocycles. The summed E-state index contributed by atoms with van der Waals surface area (Å²) in [6, 6.07) is 11.9. The van der Waals surface area contributed by atoms with Crippen molar-refractivity contribution in [2.24, 2.45) is 10.6 Å². The summed E-state index contributed by atoms with van der Waals surface area (Å²) in [7, 11) is 0. The Morgan fingerprint density at radius 1 is 1.14 bits per heavy atom. The Morgan fingerprint density at radius 2 is 1.73 bits per heavy atom. The second-order valence-corrected chi connectivity index (χ2v) is 4.83. The lowest BCUT2D eigenvalue weighted by atomic mass is 9.81. The largest absolute Gasteiger partial charge is 0.389 e. The third-order valence-electron chi connectivity index (χ3n) is 2.87. The quantitative estimate of drug-likeness (QED) is 0.584. The highest BCUT2D eigenvalue weighted by Crippen LogP contribution is 2.33. The second kappa shape index (κ2) is 7.46. The van der Waals surface area contributed by atoms with Crippen molar-refractivity contribution in [3.63, 3.8) is 0 Å². The first-order valence-electron chi connectivity index (χ1n) is 6.45. The smallest absolute Gasteiger partial charge is 0.357 e. The predicted molar refractivity (Wildman–Crippen MR) is 73.7 cm³/mol. The fraction of sp³-hybridized carbons (Fsp3) is 0.400. The van der Waals surface area contributed by atoms with Crippen molar-refractivity contribution in [1.29, 1.82) is 10.5 Å². The van der Waals surface area contributed by atoms with E-state index >= 15 is 0 Å². The van der Waals surface area contributed by atoms with Gasteiger partial charge in [0.25, 0.3) is 0 Å². The molecule has 1 aromatic carbocycles. The molecule has 0 spiro atoms. The van der Waals surface area contributed by atoms with E-state index in [-0.39, 0.29) is 12.1 Å². The molecule has 116 valence electrons. The molecule has 0 fully saturated rings. The van der Waals surface area contributed by atoms with Gasteiger partial charge in [-0.3, -0.25) is 0 Å². The summed E-state index contributed by atoms with van der Waals surface area (Å²) in [5, 5.41) is 21.9. The maximum absolute atomic E-state index is 12.3. The summed E-state index contributed by atoms with van der Waals surface area (Å²) >= 11 is 0. The minimum atomic E-state index is -4.41. The first-order chi connectivity index (χ1) is 10.3. The fourth-order valence-electron chi connectivity index (χ4n) is 1.74. The maximum atomic E-state index is 12.3. The van der Waals surface area contributed by atoms with Crippen molar-refractivity contribution in [3.8, 4) is 17.9 Å². The van der Waals surface area contributed by atoms with E-state index in [9.17, 15) is 13.2 Å². The zero-order valence-electron chi connectivity index (χ0n) is 11.9. The Labute approximate surface area is 126 Å². The van der Waals surface area contributed by atoms with E-state index in [1.54, 1.807) is 42.5 Å². The van der Waals surface area contributed by atoms with Crippen LogP contribution in [0.15, 0.2) is 35.5 Å². The third-order valence-corrected chi connectivity index (χ3v) is 2.87. The summed E-state index contributed by atoms with van der Waals surface area (Å²) in [4.78, 5) is 5.09. The van der Waals surface area contributed by atoms with Crippen molar-refractivity contribution in [3.05, 3.63) is 30.3 Å². The van der Waals surface area contributed by atoms with Gasteiger partial charge in [0.15, 0.2) is 5.75 Å². The number of alkyl halides is 3. The van der Waals surface area contributed by atoms with Crippen LogP contribution in [0, 0.1) is 28.1 Å². The second-order valence-electron chi connectivity index (χ2n) is 4.83. The van der Waals surface area contributed by atoms with Gasteiger partial charge in [0.1, 0.15) is 5.41 Å². The normalized spacial score (nSPS) is 12.4. The van der Waals surface area contributed by atoms with Crippen molar-refractivity contribution in [2.75, 3.05) is 0 Å². The molecular weight excluding hydrogens is 295 g/mol. The van der Waals surface area contributed by atoms with Gasteiger partial charge in [-0.15, -0.1) is 0 Å². The lowest BCUT2D eigenvalue weighted by Crippen LogP contribution is -2.23. The standard InChI is InChI=1S/C15H14F3N3O/c1-12(21-22-13-5-3-2-4-6-13)9-14(10-19,11-20)7-8-15(16,17)18/h2-6H,7-9H2,1H3. The lowest BCUT2D eigenvalue weighted by Gasteiger charge is -2.18. The summed E-state index contributed by atoms with van der Waals surface area (Å²) in [6.07, 6.45) is -6.41. The average Bonchev–Trinajstić information content (AvgIpc) is 2.50. The van der Waals surface area contributed by atoms with E-state index in [1.165, 1.54) is 6.92 Å². The zero-order valence-corrected chi connectivity index (χ0v) is 11.9. The number of rotatable bonds is 6. The molecule has 4 nitrogen and oxygen atoms in total. The van der Waals surface area contributed by atoms with Crippen LogP contribution < -0.4 is 4.84 Å². The number of benzene rings is 1. The van der Waals surface area contributed by atoms with Gasteiger partial charge < -0.3 is 4.84 Å². The van der Waals surface area contributed by atoms with E-state index in [2.05, 4.69) is 5.16 Å². The van der Waals surface area contributed by atoms with E-state index in [0.29, 0.717) is 5.75 Å². The molecule has 0 aliphatic rings. The summed E-state index contributed by atoms with van der Waals surface area (Å²) in [6.45, 7) is 1.50. The molecule has 0 aliphatic carbocycles. The molecule has 1 aromatic rings. The molecule has 7 heteroatoms. The Balaban J connectivity index is 2.74. The molecule has 0 heterocycles. The van der Waals surface area contributed by atoms with Crippen LogP contribution in [0.1, 0.15) is 26.2 Å². The molecule has 0 atom stereocenters. The summed E-state index contributed by atoms with van der Waals surface area (Å²) in [5.74, 6) is 0.455. The van der Waals surface area contributed by atoms with Gasteiger partial charge in [-0.05, 0) is 25.5 Å². The number of halogens is 3. The molecule has 0 N–H and O–H groups in total. The van der Waals surface area contributed by atoms with E-state index in [1.807, 2.05) is 0 Å². The predicted octanol–water partition coefficient (Wildman–Crippen LogP) is 4.21. The van der Waals surface area contributed by atoms with Gasteiger partial charge in [0, 0.05) is 12.8 Å². The highest BCUT2D eigenvalue weighted by atomic mass is 19.4. The first-order valence-corrected chi connectivity index (χ1v) is 6.45. The zero-order chi connectivity index (χ0) is 16.6. The van der Waals surface area contributed by atoms with Crippen LogP contribution in [0.25, 0.3) is 0 Å². The Hall–Kier alpha value is -2.54. The molecule has 0 radical (unpaired) electrons. The van der Waals surface area contributed by atoms with Crippen LogP contribution in [0.4, 0.5) is 13.2 Å². The number of nitriles is 2. The number of hydrogen-bond acceptors (Lipinski definition) is 4. The Bertz CT molecular complexity index is 583. The molecule has 0 unspecified atom stereocenters. The van der Waals surface area contributed by atoms with Crippen LogP contribution in [0.2, 0.25) is 0 Å². The highest BCUT2D eigenvalue weighted by molar-refractivity contribution is 5.83. The van der Waals surface area contributed by atoms with Crippen molar-refractivity contribution in [2.45, 2.75) is 32.4 Å². The van der Waals surface area contributed by atoms with Gasteiger partial charge in [0.05, 0.1) is 17.9 Å². The fourth-order valence-corrected chi connectivity index (χ4v) is 1.74. The van der Waals surface area contributed by atoms with Gasteiger partial charge >= 0.3 is 6.18 Å². The van der Waals surface area contributed by atoms with Crippen molar-refractivity contribution in [1.82, 2.24) is 0 Å². The maximum Gasteiger partial charge on any atom is 0.389 e. The highest BCUT2D eigenvalue weighted by Gasteiger charge is 2.37. The number of para-hydroxylation sites is 1. The van der Waals surface area contributed by atoms with Crippen LogP contribution >= 0.6 is 0 Å². The van der Waals surface area contributed by atoms with E-state index in [0.717, 1.165) is 0 Å². The molecule has 0 aromatic heterocycles. The number of nitrogens with zero attached hydrogens (tertiary/aromatic N) is 3. The van der Waals surface area contributed by atoms with Crippen LogP contribution in [-0.4, -0.2) is 11.9 Å². The Kier molecular flexibility index (Phi) is 5.94. The van der Waals surface area contributed by atoms with Crippen LogP contribution in [-0.2, 0) is 0 Å². The van der Waals surface area contributed by atoms with Gasteiger partial charge in [0.2, 0.25) is 0 Å². The molecule has 0 aliphatic heterocycles. The minimum absolute atomic E-state index is 0.205. The van der Waals surface area contributed by atoms with Crippen molar-refractivity contribution < 1.29 is 18.0 Å². The van der Waals surface area contributed by atoms with Gasteiger partial charge in [-0.25, -0.2) is 0 Å². The summed E-state index contributed by atoms with van der Waals surface area (Å²) in [5.41, 5.74) is -1.49. The molecular formula is C15H14F3N3O. The molecule has 1 rings (SSSR count). The lowest BCUT2D eigenvalue weighted by molar-refractivity contribution is -0.138. The van der Waals surface area contributed by atoms with Crippen LogP contribution in [0.3, 0.4) is 0 Å². The number of hydrogen-bond donors (Lipinski definition) is 0. The minimum Gasteiger partial charge on any atom is -0.357 e. The van der Waals surface area contributed by atoms with Gasteiger partial charge in [-0.1, -0.05) is 23.4 Å². The van der Waals surface area contributed by atoms with E-state index in [4.69, 9.17) is 15.4 Å². The molecule has 0 bridgehead atoms. The topological polar surface area (TPSA) is 69.2 Å². The van der Waals surface area contributed by atoms with E-state index < -0.39 is 24.4 Å². The van der Waals surface area contributed by atoms with Crippen LogP contribution in [0.5, 0.6) is 5.75 Å². The van der Waals surface area contributed by atoms with Gasteiger partial charge in [-0.2, -0.15) is 23.7 Å². The molecule has 0 amide bonds. The first kappa shape index (κ1) is 17.5. The average molecular weight is 309 g/mol.